The second-order valence-electron chi connectivity index (χ2n) is 8.58. The molecule has 2 amide bonds. The first kappa shape index (κ1) is 26.0. The maximum Gasteiger partial charge on any atom is 0.293 e. The van der Waals surface area contributed by atoms with Crippen molar-refractivity contribution in [3.05, 3.63) is 111 Å². The van der Waals surface area contributed by atoms with Gasteiger partial charge in [0, 0.05) is 0 Å². The van der Waals surface area contributed by atoms with Crippen molar-refractivity contribution in [2.45, 2.75) is 20.1 Å². The van der Waals surface area contributed by atoms with Crippen molar-refractivity contribution < 1.29 is 23.5 Å². The highest BCUT2D eigenvalue weighted by atomic mass is 79.9. The molecule has 4 aromatic carbocycles. The van der Waals surface area contributed by atoms with Crippen LogP contribution in [-0.2, 0) is 17.9 Å². The Labute approximate surface area is 232 Å². The highest BCUT2D eigenvalue weighted by Crippen LogP contribution is 2.40. The minimum Gasteiger partial charge on any atom is -0.490 e. The second kappa shape index (κ2) is 11.4. The molecule has 0 aromatic heterocycles. The van der Waals surface area contributed by atoms with E-state index in [-0.39, 0.29) is 30.1 Å². The Kier molecular flexibility index (Phi) is 7.81. The minimum atomic E-state index is -0.335. The number of thioether (sulfide) groups is 1. The summed E-state index contributed by atoms with van der Waals surface area (Å²) in [5.41, 5.74) is 2.41. The molecule has 0 bridgehead atoms. The summed E-state index contributed by atoms with van der Waals surface area (Å²) in [5, 5.41) is 1.76. The molecular weight excluding hydrogens is 569 g/mol. The van der Waals surface area contributed by atoms with Crippen LogP contribution in [0.5, 0.6) is 11.5 Å². The third-order valence-corrected chi connectivity index (χ3v) is 7.50. The van der Waals surface area contributed by atoms with Crippen molar-refractivity contribution in [3.63, 3.8) is 0 Å². The van der Waals surface area contributed by atoms with Crippen LogP contribution in [0.25, 0.3) is 16.8 Å². The average Bonchev–Trinajstić information content (AvgIpc) is 3.17. The highest BCUT2D eigenvalue weighted by molar-refractivity contribution is 9.10. The zero-order valence-electron chi connectivity index (χ0n) is 20.4. The van der Waals surface area contributed by atoms with Gasteiger partial charge in [-0.05, 0) is 92.4 Å². The van der Waals surface area contributed by atoms with E-state index in [0.717, 1.165) is 33.7 Å². The fourth-order valence-corrected chi connectivity index (χ4v) is 5.61. The van der Waals surface area contributed by atoms with E-state index in [1.807, 2.05) is 49.4 Å². The summed E-state index contributed by atoms with van der Waals surface area (Å²) < 4.78 is 25.6. The maximum absolute atomic E-state index is 13.2. The summed E-state index contributed by atoms with van der Waals surface area (Å²) >= 11 is 4.47. The summed E-state index contributed by atoms with van der Waals surface area (Å²) in [6.07, 6.45) is 1.69. The van der Waals surface area contributed by atoms with Crippen LogP contribution in [-0.4, -0.2) is 22.7 Å². The van der Waals surface area contributed by atoms with Gasteiger partial charge in [-0.3, -0.25) is 14.5 Å². The molecule has 5 rings (SSSR count). The van der Waals surface area contributed by atoms with E-state index in [2.05, 4.69) is 15.9 Å². The topological polar surface area (TPSA) is 55.8 Å². The number of hydrogen-bond donors (Lipinski definition) is 0. The van der Waals surface area contributed by atoms with Crippen molar-refractivity contribution in [2.24, 2.45) is 0 Å². The van der Waals surface area contributed by atoms with Crippen LogP contribution in [0.4, 0.5) is 9.18 Å². The highest BCUT2D eigenvalue weighted by Gasteiger charge is 2.35. The first-order valence-corrected chi connectivity index (χ1v) is 13.6. The lowest BCUT2D eigenvalue weighted by Crippen LogP contribution is -2.27. The van der Waals surface area contributed by atoms with Crippen molar-refractivity contribution >= 4 is 55.7 Å². The van der Waals surface area contributed by atoms with Gasteiger partial charge in [0.05, 0.1) is 22.5 Å². The first-order valence-electron chi connectivity index (χ1n) is 12.0. The number of benzene rings is 4. The molecule has 1 saturated heterocycles. The molecule has 5 nitrogen and oxygen atoms in total. The van der Waals surface area contributed by atoms with Crippen LogP contribution in [0.15, 0.2) is 88.2 Å². The van der Waals surface area contributed by atoms with Crippen LogP contribution in [0.1, 0.15) is 23.6 Å². The molecule has 0 spiro atoms. The Morgan fingerprint density at radius 1 is 0.974 bits per heavy atom. The number of ether oxygens (including phenoxy) is 2. The summed E-state index contributed by atoms with van der Waals surface area (Å²) in [6.45, 7) is 2.70. The normalized spacial score (nSPS) is 14.5. The van der Waals surface area contributed by atoms with Gasteiger partial charge in [-0.15, -0.1) is 0 Å². The van der Waals surface area contributed by atoms with E-state index in [1.165, 1.54) is 17.0 Å². The molecule has 0 unspecified atom stereocenters. The quantitative estimate of drug-likeness (QED) is 0.194. The summed E-state index contributed by atoms with van der Waals surface area (Å²) in [7, 11) is 0. The molecule has 1 aliphatic heterocycles. The monoisotopic (exact) mass is 591 g/mol. The molecule has 8 heteroatoms. The molecule has 1 heterocycles. The van der Waals surface area contributed by atoms with Crippen LogP contribution >= 0.6 is 27.7 Å². The van der Waals surface area contributed by atoms with Gasteiger partial charge >= 0.3 is 0 Å². The third-order valence-electron chi connectivity index (χ3n) is 6.01. The van der Waals surface area contributed by atoms with E-state index in [9.17, 15) is 14.0 Å². The summed E-state index contributed by atoms with van der Waals surface area (Å²) in [5.74, 6) is 0.345. The van der Waals surface area contributed by atoms with Gasteiger partial charge in [0.15, 0.2) is 11.5 Å². The van der Waals surface area contributed by atoms with Crippen molar-refractivity contribution in [3.8, 4) is 11.5 Å². The van der Waals surface area contributed by atoms with Crippen molar-refractivity contribution in [1.29, 1.82) is 0 Å². The second-order valence-corrected chi connectivity index (χ2v) is 10.4. The predicted molar refractivity (Wildman–Crippen MR) is 152 cm³/mol. The molecule has 0 saturated carbocycles. The minimum absolute atomic E-state index is 0.202. The Hall–Kier alpha value is -3.62. The lowest BCUT2D eigenvalue weighted by atomic mass is 10.0. The van der Waals surface area contributed by atoms with Crippen LogP contribution < -0.4 is 9.47 Å². The van der Waals surface area contributed by atoms with Gasteiger partial charge in [-0.1, -0.05) is 54.6 Å². The predicted octanol–water partition coefficient (Wildman–Crippen LogP) is 7.96. The van der Waals surface area contributed by atoms with Gasteiger partial charge in [-0.2, -0.15) is 0 Å². The Balaban J connectivity index is 1.38. The van der Waals surface area contributed by atoms with E-state index < -0.39 is 0 Å². The fourth-order valence-electron chi connectivity index (χ4n) is 4.20. The van der Waals surface area contributed by atoms with Gasteiger partial charge in [0.1, 0.15) is 12.4 Å². The smallest absolute Gasteiger partial charge is 0.293 e. The fraction of sp³-hybridized carbons (Fsp3) is 0.133. The van der Waals surface area contributed by atoms with E-state index in [4.69, 9.17) is 9.47 Å². The number of hydrogen-bond acceptors (Lipinski definition) is 5. The lowest BCUT2D eigenvalue weighted by Gasteiger charge is -2.15. The number of imide groups is 1. The molecule has 192 valence electrons. The molecule has 1 aliphatic rings. The van der Waals surface area contributed by atoms with Gasteiger partial charge in [-0.25, -0.2) is 4.39 Å². The van der Waals surface area contributed by atoms with E-state index in [1.54, 1.807) is 30.3 Å². The number of carbonyl (C=O) groups is 2. The summed E-state index contributed by atoms with van der Waals surface area (Å²) in [6, 6.07) is 23.4. The number of nitrogens with zero attached hydrogens (tertiary/aromatic N) is 1. The van der Waals surface area contributed by atoms with Crippen LogP contribution in [0.3, 0.4) is 0 Å². The number of carbonyl (C=O) groups excluding carboxylic acids is 2. The molecular formula is C30H23BrFNO4S. The Morgan fingerprint density at radius 2 is 1.74 bits per heavy atom. The first-order chi connectivity index (χ1) is 18.4. The number of fused-ring (bicyclic) bond motifs is 1. The third kappa shape index (κ3) is 5.61. The van der Waals surface area contributed by atoms with E-state index >= 15 is 0 Å². The zero-order chi connectivity index (χ0) is 26.6. The number of halogens is 2. The Morgan fingerprint density at radius 3 is 2.53 bits per heavy atom. The largest absolute Gasteiger partial charge is 0.490 e. The Bertz CT molecular complexity index is 1550. The molecule has 1 fully saturated rings. The van der Waals surface area contributed by atoms with Gasteiger partial charge in [0.2, 0.25) is 0 Å². The van der Waals surface area contributed by atoms with Crippen molar-refractivity contribution in [1.82, 2.24) is 4.90 Å². The molecule has 0 radical (unpaired) electrons. The molecule has 4 aromatic rings. The zero-order valence-corrected chi connectivity index (χ0v) is 22.9. The van der Waals surface area contributed by atoms with Crippen molar-refractivity contribution in [2.75, 3.05) is 6.61 Å². The van der Waals surface area contributed by atoms with Crippen LogP contribution in [0.2, 0.25) is 0 Å². The molecule has 0 atom stereocenters. The standard InChI is InChI=1S/C30H23BrFNO4S/c1-2-36-26-15-20(14-25(31)28(26)37-18-19-10-12-23(32)13-11-19)16-27-29(34)33(30(35)38-27)17-22-8-5-7-21-6-3-4-9-24(21)22/h3-16H,2,17-18H2,1H3/b27-16+. The van der Waals surface area contributed by atoms with Gasteiger partial charge < -0.3 is 9.47 Å². The number of amides is 2. The number of rotatable bonds is 8. The lowest BCUT2D eigenvalue weighted by molar-refractivity contribution is -0.123. The van der Waals surface area contributed by atoms with Crippen LogP contribution in [0, 0.1) is 5.82 Å². The SMILES string of the molecule is CCOc1cc(/C=C2/SC(=O)N(Cc3cccc4ccccc34)C2=O)cc(Br)c1OCc1ccc(F)cc1. The van der Waals surface area contributed by atoms with Gasteiger partial charge in [0.25, 0.3) is 11.1 Å². The van der Waals surface area contributed by atoms with E-state index in [0.29, 0.717) is 33.0 Å². The molecule has 38 heavy (non-hydrogen) atoms. The maximum atomic E-state index is 13.2. The average molecular weight is 592 g/mol. The summed E-state index contributed by atoms with van der Waals surface area (Å²) in [4.78, 5) is 27.6. The molecule has 0 aliphatic carbocycles. The molecule has 0 N–H and O–H groups in total.